The van der Waals surface area contributed by atoms with Gasteiger partial charge in [-0.3, -0.25) is 0 Å². The van der Waals surface area contributed by atoms with Gasteiger partial charge in [-0.25, -0.2) is 4.98 Å². The predicted molar refractivity (Wildman–Crippen MR) is 66.8 cm³/mol. The molecule has 1 aromatic heterocycles. The third kappa shape index (κ3) is 3.52. The molecular weight excluding hydrogens is 202 g/mol. The zero-order chi connectivity index (χ0) is 12.2. The van der Waals surface area contributed by atoms with E-state index in [4.69, 9.17) is 4.74 Å². The summed E-state index contributed by atoms with van der Waals surface area (Å²) in [6.45, 7) is 10.1. The molecule has 0 saturated heterocycles. The maximum atomic E-state index is 5.09. The number of hydrogen-bond donors (Lipinski definition) is 1. The van der Waals surface area contributed by atoms with Crippen LogP contribution in [0.3, 0.4) is 0 Å². The Morgan fingerprint density at radius 2 is 2.19 bits per heavy atom. The highest BCUT2D eigenvalue weighted by Gasteiger charge is 2.17. The number of ether oxygens (including phenoxy) is 1. The summed E-state index contributed by atoms with van der Waals surface area (Å²) in [6.07, 6.45) is 3.11. The fraction of sp³-hybridized carbons (Fsp3) is 0.750. The van der Waals surface area contributed by atoms with Gasteiger partial charge in [0.15, 0.2) is 0 Å². The molecule has 4 nitrogen and oxygen atoms in total. The molecule has 4 heteroatoms. The van der Waals surface area contributed by atoms with Gasteiger partial charge in [0, 0.05) is 25.4 Å². The zero-order valence-electron chi connectivity index (χ0n) is 11.0. The van der Waals surface area contributed by atoms with Crippen LogP contribution >= 0.6 is 0 Å². The van der Waals surface area contributed by atoms with Crippen molar-refractivity contribution in [3.8, 4) is 0 Å². The van der Waals surface area contributed by atoms with Crippen molar-refractivity contribution in [2.24, 2.45) is 0 Å². The Morgan fingerprint density at radius 3 is 2.75 bits per heavy atom. The van der Waals surface area contributed by atoms with Gasteiger partial charge in [0.2, 0.25) is 5.95 Å². The van der Waals surface area contributed by atoms with Crippen molar-refractivity contribution in [3.05, 3.63) is 11.9 Å². The first-order valence-electron chi connectivity index (χ1n) is 5.79. The van der Waals surface area contributed by atoms with Gasteiger partial charge in [-0.2, -0.15) is 0 Å². The second kappa shape index (κ2) is 5.34. The molecule has 0 amide bonds. The van der Waals surface area contributed by atoms with E-state index in [1.165, 1.54) is 0 Å². The van der Waals surface area contributed by atoms with E-state index in [-0.39, 0.29) is 5.54 Å². The van der Waals surface area contributed by atoms with Crippen LogP contribution in [0.4, 0.5) is 5.95 Å². The van der Waals surface area contributed by atoms with Gasteiger partial charge in [-0.1, -0.05) is 6.92 Å². The van der Waals surface area contributed by atoms with Gasteiger partial charge in [0.25, 0.3) is 0 Å². The number of hydrogen-bond acceptors (Lipinski definition) is 3. The predicted octanol–water partition coefficient (Wildman–Crippen LogP) is 2.44. The van der Waals surface area contributed by atoms with Crippen LogP contribution in [0.25, 0.3) is 0 Å². The largest absolute Gasteiger partial charge is 0.383 e. The number of imidazole rings is 1. The SMILES string of the molecule is CCC(C)(C)Nc1nc(C)cn1CCOC. The van der Waals surface area contributed by atoms with Crippen molar-refractivity contribution in [3.63, 3.8) is 0 Å². The van der Waals surface area contributed by atoms with Gasteiger partial charge in [-0.15, -0.1) is 0 Å². The summed E-state index contributed by atoms with van der Waals surface area (Å²) >= 11 is 0. The Labute approximate surface area is 98.0 Å². The summed E-state index contributed by atoms with van der Waals surface area (Å²) in [5, 5.41) is 3.46. The molecule has 0 atom stereocenters. The second-order valence-corrected chi connectivity index (χ2v) is 4.75. The molecule has 0 aliphatic heterocycles. The van der Waals surface area contributed by atoms with E-state index < -0.39 is 0 Å². The van der Waals surface area contributed by atoms with Crippen molar-refractivity contribution in [2.45, 2.75) is 46.2 Å². The minimum atomic E-state index is 0.0720. The molecule has 0 saturated carbocycles. The lowest BCUT2D eigenvalue weighted by molar-refractivity contribution is 0.187. The van der Waals surface area contributed by atoms with Crippen molar-refractivity contribution >= 4 is 5.95 Å². The first-order chi connectivity index (χ1) is 7.48. The Hall–Kier alpha value is -1.03. The molecule has 0 aromatic carbocycles. The van der Waals surface area contributed by atoms with Gasteiger partial charge < -0.3 is 14.6 Å². The summed E-state index contributed by atoms with van der Waals surface area (Å²) < 4.78 is 7.20. The van der Waals surface area contributed by atoms with E-state index in [1.54, 1.807) is 7.11 Å². The lowest BCUT2D eigenvalue weighted by Gasteiger charge is -2.25. The van der Waals surface area contributed by atoms with Crippen LogP contribution in [-0.4, -0.2) is 28.8 Å². The monoisotopic (exact) mass is 225 g/mol. The molecule has 1 aromatic rings. The number of nitrogens with one attached hydrogen (secondary N) is 1. The smallest absolute Gasteiger partial charge is 0.203 e. The molecule has 16 heavy (non-hydrogen) atoms. The third-order valence-corrected chi connectivity index (χ3v) is 2.77. The average Bonchev–Trinajstić information content (AvgIpc) is 2.55. The van der Waals surface area contributed by atoms with E-state index in [0.717, 1.165) is 24.6 Å². The Kier molecular flexibility index (Phi) is 4.35. The highest BCUT2D eigenvalue weighted by Crippen LogP contribution is 2.17. The lowest BCUT2D eigenvalue weighted by atomic mass is 10.0. The third-order valence-electron chi connectivity index (χ3n) is 2.77. The molecule has 1 N–H and O–H groups in total. The van der Waals surface area contributed by atoms with Crippen LogP contribution in [0.1, 0.15) is 32.9 Å². The summed E-state index contributed by atoms with van der Waals surface area (Å²) in [4.78, 5) is 4.49. The van der Waals surface area contributed by atoms with E-state index in [2.05, 4.69) is 35.6 Å². The Morgan fingerprint density at radius 1 is 1.50 bits per heavy atom. The number of methoxy groups -OCH3 is 1. The maximum Gasteiger partial charge on any atom is 0.203 e. The van der Waals surface area contributed by atoms with Crippen molar-refractivity contribution in [1.29, 1.82) is 0 Å². The fourth-order valence-corrected chi connectivity index (χ4v) is 1.40. The van der Waals surface area contributed by atoms with Gasteiger partial charge in [0.05, 0.1) is 12.3 Å². The van der Waals surface area contributed by atoms with Gasteiger partial charge in [-0.05, 0) is 27.2 Å². The number of rotatable bonds is 6. The molecule has 0 spiro atoms. The van der Waals surface area contributed by atoms with Gasteiger partial charge >= 0.3 is 0 Å². The molecule has 1 heterocycles. The summed E-state index contributed by atoms with van der Waals surface area (Å²) in [6, 6.07) is 0. The first-order valence-corrected chi connectivity index (χ1v) is 5.79. The fourth-order valence-electron chi connectivity index (χ4n) is 1.40. The summed E-state index contributed by atoms with van der Waals surface area (Å²) in [5.41, 5.74) is 1.10. The average molecular weight is 225 g/mol. The number of aromatic nitrogens is 2. The highest BCUT2D eigenvalue weighted by molar-refractivity contribution is 5.32. The number of nitrogens with zero attached hydrogens (tertiary/aromatic N) is 2. The first kappa shape index (κ1) is 13.0. The molecule has 1 rings (SSSR count). The molecule has 0 fully saturated rings. The van der Waals surface area contributed by atoms with E-state index in [9.17, 15) is 0 Å². The normalized spacial score (nSPS) is 11.8. The zero-order valence-corrected chi connectivity index (χ0v) is 11.0. The molecule has 0 aliphatic rings. The van der Waals surface area contributed by atoms with E-state index in [0.29, 0.717) is 6.61 Å². The molecule has 0 radical (unpaired) electrons. The maximum absolute atomic E-state index is 5.09. The quantitative estimate of drug-likeness (QED) is 0.808. The van der Waals surface area contributed by atoms with Crippen LogP contribution in [-0.2, 0) is 11.3 Å². The van der Waals surface area contributed by atoms with Crippen molar-refractivity contribution < 1.29 is 4.74 Å². The second-order valence-electron chi connectivity index (χ2n) is 4.75. The van der Waals surface area contributed by atoms with Crippen molar-refractivity contribution in [1.82, 2.24) is 9.55 Å². The minimum Gasteiger partial charge on any atom is -0.383 e. The van der Waals surface area contributed by atoms with Crippen LogP contribution in [0.5, 0.6) is 0 Å². The van der Waals surface area contributed by atoms with Crippen LogP contribution in [0.2, 0.25) is 0 Å². The van der Waals surface area contributed by atoms with Crippen molar-refractivity contribution in [2.75, 3.05) is 19.0 Å². The van der Waals surface area contributed by atoms with Gasteiger partial charge in [0.1, 0.15) is 0 Å². The van der Waals surface area contributed by atoms with Crippen LogP contribution in [0.15, 0.2) is 6.20 Å². The molecular formula is C12H23N3O. The van der Waals surface area contributed by atoms with Crippen LogP contribution in [0, 0.1) is 6.92 Å². The summed E-state index contributed by atoms with van der Waals surface area (Å²) in [5.74, 6) is 0.932. The summed E-state index contributed by atoms with van der Waals surface area (Å²) in [7, 11) is 1.72. The minimum absolute atomic E-state index is 0.0720. The van der Waals surface area contributed by atoms with E-state index in [1.807, 2.05) is 13.1 Å². The van der Waals surface area contributed by atoms with Crippen LogP contribution < -0.4 is 5.32 Å². The molecule has 0 aliphatic carbocycles. The molecule has 0 bridgehead atoms. The highest BCUT2D eigenvalue weighted by atomic mass is 16.5. The topological polar surface area (TPSA) is 39.1 Å². The van der Waals surface area contributed by atoms with E-state index >= 15 is 0 Å². The lowest BCUT2D eigenvalue weighted by Crippen LogP contribution is -2.31. The number of aryl methyl sites for hydroxylation is 1. The Bertz CT molecular complexity index is 331. The molecule has 0 unspecified atom stereocenters. The number of anilines is 1. The standard InChI is InChI=1S/C12H23N3O/c1-6-12(3,4)14-11-13-10(2)9-15(11)7-8-16-5/h9H,6-8H2,1-5H3,(H,13,14). The Balaban J connectivity index is 2.78. The molecule has 92 valence electrons.